The van der Waals surface area contributed by atoms with E-state index >= 15 is 0 Å². The summed E-state index contributed by atoms with van der Waals surface area (Å²) in [6.45, 7) is 15.3. The fourth-order valence-electron chi connectivity index (χ4n) is 3.54. The van der Waals surface area contributed by atoms with Gasteiger partial charge in [-0.05, 0) is 31.9 Å². The normalized spacial score (nSPS) is 13.3. The van der Waals surface area contributed by atoms with Crippen LogP contribution in [0.3, 0.4) is 0 Å². The lowest BCUT2D eigenvalue weighted by Gasteiger charge is -2.24. The number of thiophene rings is 1. The highest BCUT2D eigenvalue weighted by Crippen LogP contribution is 2.49. The van der Waals surface area contributed by atoms with E-state index in [1.165, 1.54) is 21.1 Å². The molecule has 0 saturated carbocycles. The van der Waals surface area contributed by atoms with Gasteiger partial charge in [-0.2, -0.15) is 0 Å². The molecule has 0 saturated heterocycles. The zero-order chi connectivity index (χ0) is 21.6. The van der Waals surface area contributed by atoms with Crippen molar-refractivity contribution in [3.63, 3.8) is 0 Å². The van der Waals surface area contributed by atoms with Crippen LogP contribution in [-0.2, 0) is 20.7 Å². The zero-order valence-electron chi connectivity index (χ0n) is 18.4. The Hall–Kier alpha value is -1.24. The number of thiazole rings is 1. The third kappa shape index (κ3) is 4.04. The monoisotopic (exact) mass is 449 g/mol. The number of hydrogen-bond donors (Lipinski definition) is 0. The maximum absolute atomic E-state index is 13.3. The predicted octanol–water partition coefficient (Wildman–Crippen LogP) is 7.26. The highest BCUT2D eigenvalue weighted by atomic mass is 32.2. The van der Waals surface area contributed by atoms with Crippen molar-refractivity contribution < 1.29 is 8.42 Å². The van der Waals surface area contributed by atoms with Gasteiger partial charge in [0.25, 0.3) is 0 Å². The van der Waals surface area contributed by atoms with Crippen molar-refractivity contribution >= 4 is 42.7 Å². The van der Waals surface area contributed by atoms with Crippen molar-refractivity contribution in [3.8, 4) is 0 Å². The lowest BCUT2D eigenvalue weighted by atomic mass is 9.85. The summed E-state index contributed by atoms with van der Waals surface area (Å²) in [6, 6.07) is 7.03. The van der Waals surface area contributed by atoms with Gasteiger partial charge in [0.05, 0.1) is 15.1 Å². The first-order valence-corrected chi connectivity index (χ1v) is 13.3. The molecule has 0 bridgehead atoms. The number of benzene rings is 1. The molecule has 0 amide bonds. The third-order valence-electron chi connectivity index (χ3n) is 5.78. The number of sulfone groups is 1. The Labute approximate surface area is 183 Å². The first-order valence-electron chi connectivity index (χ1n) is 10.2. The standard InChI is InChI=1S/C23H31NO2S3/c1-8-14-23(6,7)20-18-17(19(28-20)22(4,5)9-2)24-21(27-18)29(25,26)16-12-10-15(3)11-13-16/h10-13H,8-9,14H2,1-7H3. The maximum Gasteiger partial charge on any atom is 0.233 e. The molecule has 0 fully saturated rings. The molecule has 2 aromatic heterocycles. The molecule has 0 N–H and O–H groups in total. The molecule has 3 aromatic rings. The summed E-state index contributed by atoms with van der Waals surface area (Å²) < 4.78 is 27.8. The summed E-state index contributed by atoms with van der Waals surface area (Å²) >= 11 is 3.17. The average molecular weight is 450 g/mol. The molecule has 0 spiro atoms. The average Bonchev–Trinajstić information content (AvgIpc) is 3.21. The van der Waals surface area contributed by atoms with Crippen LogP contribution in [0.2, 0.25) is 0 Å². The second-order valence-electron chi connectivity index (χ2n) is 9.11. The number of fused-ring (bicyclic) bond motifs is 1. The summed E-state index contributed by atoms with van der Waals surface area (Å²) in [5.74, 6) is 0. The fraction of sp³-hybridized carbons (Fsp3) is 0.522. The Morgan fingerprint density at radius 3 is 2.10 bits per heavy atom. The second-order valence-corrected chi connectivity index (χ2v) is 13.2. The molecule has 29 heavy (non-hydrogen) atoms. The zero-order valence-corrected chi connectivity index (χ0v) is 20.9. The van der Waals surface area contributed by atoms with Gasteiger partial charge < -0.3 is 0 Å². The Balaban J connectivity index is 2.26. The smallest absolute Gasteiger partial charge is 0.224 e. The number of nitrogens with zero attached hydrogens (tertiary/aromatic N) is 1. The van der Waals surface area contributed by atoms with E-state index in [9.17, 15) is 8.42 Å². The van der Waals surface area contributed by atoms with Crippen molar-refractivity contribution in [2.45, 2.75) is 87.8 Å². The molecule has 0 aliphatic rings. The third-order valence-corrected chi connectivity index (χ3v) is 11.0. The molecular formula is C23H31NO2S3. The Morgan fingerprint density at radius 2 is 1.55 bits per heavy atom. The quantitative estimate of drug-likeness (QED) is 0.381. The minimum atomic E-state index is -3.62. The number of aromatic nitrogens is 1. The molecule has 2 heterocycles. The summed E-state index contributed by atoms with van der Waals surface area (Å²) in [5, 5.41) is 0. The van der Waals surface area contributed by atoms with E-state index in [2.05, 4.69) is 41.5 Å². The molecule has 158 valence electrons. The van der Waals surface area contributed by atoms with Gasteiger partial charge in [0, 0.05) is 20.6 Å². The second kappa shape index (κ2) is 7.78. The van der Waals surface area contributed by atoms with Crippen molar-refractivity contribution in [2.75, 3.05) is 0 Å². The van der Waals surface area contributed by atoms with Crippen LogP contribution in [0, 0.1) is 6.92 Å². The van der Waals surface area contributed by atoms with E-state index in [0.717, 1.165) is 35.0 Å². The van der Waals surface area contributed by atoms with Gasteiger partial charge in [0.2, 0.25) is 14.2 Å². The van der Waals surface area contributed by atoms with E-state index in [1.807, 2.05) is 30.4 Å². The maximum atomic E-state index is 13.3. The van der Waals surface area contributed by atoms with E-state index < -0.39 is 9.84 Å². The summed E-state index contributed by atoms with van der Waals surface area (Å²) in [7, 11) is -3.62. The summed E-state index contributed by atoms with van der Waals surface area (Å²) in [6.07, 6.45) is 3.13. The molecule has 0 aliphatic heterocycles. The van der Waals surface area contributed by atoms with Crippen LogP contribution in [0.25, 0.3) is 10.2 Å². The van der Waals surface area contributed by atoms with E-state index in [0.29, 0.717) is 4.90 Å². The molecule has 0 atom stereocenters. The SMILES string of the molecule is CCCC(C)(C)c1sc(C(C)(C)CC)c2nc(S(=O)(=O)c3ccc(C)cc3)sc12. The largest absolute Gasteiger partial charge is 0.233 e. The van der Waals surface area contributed by atoms with Gasteiger partial charge in [-0.15, -0.1) is 22.7 Å². The van der Waals surface area contributed by atoms with Crippen LogP contribution in [0.5, 0.6) is 0 Å². The van der Waals surface area contributed by atoms with Crippen molar-refractivity contribution in [2.24, 2.45) is 0 Å². The van der Waals surface area contributed by atoms with Gasteiger partial charge in [-0.25, -0.2) is 13.4 Å². The van der Waals surface area contributed by atoms with Gasteiger partial charge in [-0.3, -0.25) is 0 Å². The van der Waals surface area contributed by atoms with Crippen LogP contribution in [0.1, 0.15) is 76.1 Å². The van der Waals surface area contributed by atoms with E-state index in [4.69, 9.17) is 4.98 Å². The topological polar surface area (TPSA) is 47.0 Å². The highest BCUT2D eigenvalue weighted by molar-refractivity contribution is 7.93. The van der Waals surface area contributed by atoms with Crippen molar-refractivity contribution in [1.29, 1.82) is 0 Å². The Morgan fingerprint density at radius 1 is 0.931 bits per heavy atom. The van der Waals surface area contributed by atoms with Gasteiger partial charge in [-0.1, -0.05) is 65.7 Å². The van der Waals surface area contributed by atoms with Gasteiger partial charge >= 0.3 is 0 Å². The number of hydrogen-bond acceptors (Lipinski definition) is 5. The fourth-order valence-corrected chi connectivity index (χ4v) is 8.10. The van der Waals surface area contributed by atoms with Crippen LogP contribution < -0.4 is 0 Å². The lowest BCUT2D eigenvalue weighted by molar-refractivity contribution is 0.485. The van der Waals surface area contributed by atoms with Crippen molar-refractivity contribution in [1.82, 2.24) is 4.98 Å². The van der Waals surface area contributed by atoms with E-state index in [1.54, 1.807) is 12.1 Å². The minimum absolute atomic E-state index is 0.00282. The Bertz CT molecular complexity index is 1120. The molecule has 3 rings (SSSR count). The van der Waals surface area contributed by atoms with Gasteiger partial charge in [0.15, 0.2) is 0 Å². The van der Waals surface area contributed by atoms with Crippen LogP contribution in [-0.4, -0.2) is 13.4 Å². The molecule has 1 aromatic carbocycles. The molecule has 6 heteroatoms. The molecule has 0 radical (unpaired) electrons. The number of aryl methyl sites for hydroxylation is 1. The van der Waals surface area contributed by atoms with Crippen molar-refractivity contribution in [3.05, 3.63) is 39.6 Å². The predicted molar refractivity (Wildman–Crippen MR) is 125 cm³/mol. The summed E-state index contributed by atoms with van der Waals surface area (Å²) in [4.78, 5) is 7.52. The van der Waals surface area contributed by atoms with E-state index in [-0.39, 0.29) is 15.2 Å². The highest BCUT2D eigenvalue weighted by Gasteiger charge is 2.34. The van der Waals surface area contributed by atoms with Crippen LogP contribution in [0.15, 0.2) is 33.5 Å². The first-order chi connectivity index (χ1) is 13.4. The Kier molecular flexibility index (Phi) is 6.03. The van der Waals surface area contributed by atoms with Crippen LogP contribution in [0.4, 0.5) is 0 Å². The van der Waals surface area contributed by atoms with Crippen LogP contribution >= 0.6 is 22.7 Å². The number of rotatable bonds is 7. The first kappa shape index (κ1) is 22.4. The molecule has 0 unspecified atom stereocenters. The lowest BCUT2D eigenvalue weighted by Crippen LogP contribution is -2.15. The minimum Gasteiger partial charge on any atom is -0.224 e. The summed E-state index contributed by atoms with van der Waals surface area (Å²) in [5.41, 5.74) is 1.88. The molecular weight excluding hydrogens is 418 g/mol. The molecule has 3 nitrogen and oxygen atoms in total. The molecule has 0 aliphatic carbocycles. The van der Waals surface area contributed by atoms with Gasteiger partial charge in [0.1, 0.15) is 0 Å².